The maximum Gasteiger partial charge on any atom is 0.231 e. The molecule has 0 aromatic heterocycles. The summed E-state index contributed by atoms with van der Waals surface area (Å²) in [7, 11) is 0. The molecule has 5 nitrogen and oxygen atoms in total. The summed E-state index contributed by atoms with van der Waals surface area (Å²) in [5.41, 5.74) is 1.09. The zero-order valence-corrected chi connectivity index (χ0v) is 11.9. The number of carbonyl (C=O) groups excluding carboxylic acids is 1. The predicted octanol–water partition coefficient (Wildman–Crippen LogP) is 1.45. The number of carbonyl (C=O) groups is 1. The predicted molar refractivity (Wildman–Crippen MR) is 77.8 cm³/mol. The third-order valence-corrected chi connectivity index (χ3v) is 3.89. The number of hydrogen-bond acceptors (Lipinski definition) is 4. The summed E-state index contributed by atoms with van der Waals surface area (Å²) < 4.78 is 10.6. The van der Waals surface area contributed by atoms with E-state index < -0.39 is 0 Å². The van der Waals surface area contributed by atoms with Gasteiger partial charge in [-0.2, -0.15) is 0 Å². The van der Waals surface area contributed by atoms with Crippen LogP contribution in [-0.4, -0.2) is 35.7 Å². The van der Waals surface area contributed by atoms with Crippen LogP contribution in [0, 0.1) is 0 Å². The van der Waals surface area contributed by atoms with Gasteiger partial charge in [0.1, 0.15) is 5.78 Å². The van der Waals surface area contributed by atoms with E-state index in [0.717, 1.165) is 17.1 Å². The first-order valence-corrected chi connectivity index (χ1v) is 7.06. The molecule has 1 aromatic carbocycles. The number of thiocarbonyl (C=S) groups is 1. The number of hydrogen-bond donors (Lipinski definition) is 1. The van der Waals surface area contributed by atoms with Crippen molar-refractivity contribution in [1.82, 2.24) is 10.2 Å². The van der Waals surface area contributed by atoms with Crippen LogP contribution in [0.4, 0.5) is 0 Å². The average Bonchev–Trinajstić information content (AvgIpc) is 2.93. The molecule has 1 fully saturated rings. The first-order valence-electron chi connectivity index (χ1n) is 6.65. The van der Waals surface area contributed by atoms with Crippen LogP contribution >= 0.6 is 12.2 Å². The number of likely N-dealkylation sites (tertiary alicyclic amines) is 1. The van der Waals surface area contributed by atoms with Crippen LogP contribution in [0.1, 0.15) is 18.4 Å². The van der Waals surface area contributed by atoms with Gasteiger partial charge in [0.2, 0.25) is 6.79 Å². The lowest BCUT2D eigenvalue weighted by molar-refractivity contribution is -0.120. The standard InChI is InChI=1S/C14H16N2O3S/c17-11-3-5-16(6-4-11)14(20)15-8-10-1-2-12-13(7-10)19-9-18-12/h1-2,7H,3-6,8-9H2,(H,15,20). The molecule has 1 aromatic rings. The molecule has 0 aliphatic carbocycles. The molecule has 3 rings (SSSR count). The van der Waals surface area contributed by atoms with E-state index in [4.69, 9.17) is 21.7 Å². The molecule has 0 spiro atoms. The molecule has 0 unspecified atom stereocenters. The lowest BCUT2D eigenvalue weighted by Gasteiger charge is -2.28. The molecule has 2 aliphatic heterocycles. The van der Waals surface area contributed by atoms with Gasteiger partial charge in [-0.3, -0.25) is 4.79 Å². The molecule has 1 N–H and O–H groups in total. The summed E-state index contributed by atoms with van der Waals surface area (Å²) in [5, 5.41) is 3.93. The molecule has 1 saturated heterocycles. The maximum atomic E-state index is 11.2. The van der Waals surface area contributed by atoms with Crippen LogP contribution < -0.4 is 14.8 Å². The number of rotatable bonds is 2. The molecule has 2 aliphatic rings. The van der Waals surface area contributed by atoms with Gasteiger partial charge in [-0.15, -0.1) is 0 Å². The van der Waals surface area contributed by atoms with E-state index in [1.807, 2.05) is 23.1 Å². The van der Waals surface area contributed by atoms with Crippen LogP contribution in [-0.2, 0) is 11.3 Å². The Hall–Kier alpha value is -1.82. The van der Waals surface area contributed by atoms with E-state index in [1.165, 1.54) is 0 Å². The van der Waals surface area contributed by atoms with Crippen LogP contribution in [0.15, 0.2) is 18.2 Å². The minimum atomic E-state index is 0.284. The Balaban J connectivity index is 1.54. The zero-order chi connectivity index (χ0) is 13.9. The monoisotopic (exact) mass is 292 g/mol. The SMILES string of the molecule is O=C1CCN(C(=S)NCc2ccc3c(c2)OCO3)CC1. The van der Waals surface area contributed by atoms with Gasteiger partial charge in [-0.25, -0.2) is 0 Å². The highest BCUT2D eigenvalue weighted by Crippen LogP contribution is 2.32. The van der Waals surface area contributed by atoms with Crippen molar-refractivity contribution in [3.63, 3.8) is 0 Å². The Morgan fingerprint density at radius 3 is 2.80 bits per heavy atom. The minimum Gasteiger partial charge on any atom is -0.454 e. The molecule has 0 atom stereocenters. The number of benzene rings is 1. The fraction of sp³-hybridized carbons (Fsp3) is 0.429. The second-order valence-corrected chi connectivity index (χ2v) is 5.26. The number of piperidine rings is 1. The summed E-state index contributed by atoms with van der Waals surface area (Å²) >= 11 is 5.36. The van der Waals surface area contributed by atoms with Crippen molar-refractivity contribution in [2.75, 3.05) is 19.9 Å². The smallest absolute Gasteiger partial charge is 0.231 e. The van der Waals surface area contributed by atoms with Crippen LogP contribution in [0.3, 0.4) is 0 Å². The molecule has 0 radical (unpaired) electrons. The molecule has 0 amide bonds. The second-order valence-electron chi connectivity index (χ2n) is 4.87. The highest BCUT2D eigenvalue weighted by Gasteiger charge is 2.18. The van der Waals surface area contributed by atoms with E-state index in [9.17, 15) is 4.79 Å². The highest BCUT2D eigenvalue weighted by atomic mass is 32.1. The van der Waals surface area contributed by atoms with Crippen molar-refractivity contribution < 1.29 is 14.3 Å². The summed E-state index contributed by atoms with van der Waals surface area (Å²) in [5.74, 6) is 1.88. The lowest BCUT2D eigenvalue weighted by atomic mass is 10.1. The number of Topliss-reactive ketones (excluding diaryl/α,β-unsaturated/α-hetero) is 1. The van der Waals surface area contributed by atoms with Crippen LogP contribution in [0.25, 0.3) is 0 Å². The molecule has 0 saturated carbocycles. The van der Waals surface area contributed by atoms with E-state index in [1.54, 1.807) is 0 Å². The van der Waals surface area contributed by atoms with Crippen molar-refractivity contribution in [3.05, 3.63) is 23.8 Å². The maximum absolute atomic E-state index is 11.2. The van der Waals surface area contributed by atoms with Crippen molar-refractivity contribution in [2.24, 2.45) is 0 Å². The van der Waals surface area contributed by atoms with Crippen LogP contribution in [0.5, 0.6) is 11.5 Å². The van der Waals surface area contributed by atoms with Crippen molar-refractivity contribution in [3.8, 4) is 11.5 Å². The Morgan fingerprint density at radius 2 is 2.00 bits per heavy atom. The summed E-state index contributed by atoms with van der Waals surface area (Å²) in [6.07, 6.45) is 1.18. The normalized spacial score (nSPS) is 17.2. The largest absolute Gasteiger partial charge is 0.454 e. The van der Waals surface area contributed by atoms with Crippen LogP contribution in [0.2, 0.25) is 0 Å². The van der Waals surface area contributed by atoms with Crippen molar-refractivity contribution in [1.29, 1.82) is 0 Å². The van der Waals surface area contributed by atoms with Gasteiger partial charge >= 0.3 is 0 Å². The number of fused-ring (bicyclic) bond motifs is 1. The van der Waals surface area contributed by atoms with Gasteiger partial charge in [0, 0.05) is 32.5 Å². The molecular weight excluding hydrogens is 276 g/mol. The fourth-order valence-corrected chi connectivity index (χ4v) is 2.55. The second kappa shape index (κ2) is 5.66. The Kier molecular flexibility index (Phi) is 3.73. The van der Waals surface area contributed by atoms with E-state index in [2.05, 4.69) is 5.32 Å². The van der Waals surface area contributed by atoms with Gasteiger partial charge in [0.05, 0.1) is 0 Å². The molecule has 106 valence electrons. The van der Waals surface area contributed by atoms with E-state index in [-0.39, 0.29) is 6.79 Å². The molecular formula is C14H16N2O3S. The van der Waals surface area contributed by atoms with E-state index >= 15 is 0 Å². The zero-order valence-electron chi connectivity index (χ0n) is 11.1. The number of ketones is 1. The quantitative estimate of drug-likeness (QED) is 0.833. The van der Waals surface area contributed by atoms with Gasteiger partial charge in [0.15, 0.2) is 16.6 Å². The number of nitrogens with one attached hydrogen (secondary N) is 1. The van der Waals surface area contributed by atoms with Gasteiger partial charge in [-0.1, -0.05) is 6.07 Å². The third kappa shape index (κ3) is 2.85. The van der Waals surface area contributed by atoms with Crippen molar-refractivity contribution in [2.45, 2.75) is 19.4 Å². The van der Waals surface area contributed by atoms with Gasteiger partial charge < -0.3 is 19.7 Å². The molecule has 6 heteroatoms. The highest BCUT2D eigenvalue weighted by molar-refractivity contribution is 7.80. The first-order chi connectivity index (χ1) is 9.72. The topological polar surface area (TPSA) is 50.8 Å². The fourth-order valence-electron chi connectivity index (χ4n) is 2.30. The van der Waals surface area contributed by atoms with Crippen molar-refractivity contribution >= 4 is 23.1 Å². The first kappa shape index (κ1) is 13.2. The molecule has 0 bridgehead atoms. The lowest BCUT2D eigenvalue weighted by Crippen LogP contribution is -2.44. The minimum absolute atomic E-state index is 0.284. The summed E-state index contributed by atoms with van der Waals surface area (Å²) in [4.78, 5) is 13.2. The Labute approximate surface area is 122 Å². The van der Waals surface area contributed by atoms with E-state index in [0.29, 0.717) is 43.4 Å². The number of nitrogens with zero attached hydrogens (tertiary/aromatic N) is 1. The van der Waals surface area contributed by atoms with Gasteiger partial charge in [0.25, 0.3) is 0 Å². The Morgan fingerprint density at radius 1 is 1.25 bits per heavy atom. The Bertz CT molecular complexity index is 537. The summed E-state index contributed by atoms with van der Waals surface area (Å²) in [6, 6.07) is 5.85. The average molecular weight is 292 g/mol. The summed E-state index contributed by atoms with van der Waals surface area (Å²) in [6.45, 7) is 2.35. The van der Waals surface area contributed by atoms with Gasteiger partial charge in [-0.05, 0) is 29.9 Å². The molecule has 2 heterocycles. The molecule has 20 heavy (non-hydrogen) atoms. The number of ether oxygens (including phenoxy) is 2. The third-order valence-electron chi connectivity index (χ3n) is 3.49.